The highest BCUT2D eigenvalue weighted by molar-refractivity contribution is 5.89. The molecule has 0 bridgehead atoms. The highest BCUT2D eigenvalue weighted by atomic mass is 16.6. The van der Waals surface area contributed by atoms with E-state index in [9.17, 15) is 4.79 Å². The van der Waals surface area contributed by atoms with Gasteiger partial charge in [0.1, 0.15) is 13.2 Å². The third-order valence-electron chi connectivity index (χ3n) is 4.15. The molecule has 0 fully saturated rings. The Morgan fingerprint density at radius 1 is 0.792 bits per heavy atom. The first-order valence-corrected chi connectivity index (χ1v) is 7.94. The van der Waals surface area contributed by atoms with E-state index in [1.807, 2.05) is 50.2 Å². The van der Waals surface area contributed by atoms with Gasteiger partial charge in [-0.2, -0.15) is 0 Å². The van der Waals surface area contributed by atoms with E-state index in [-0.39, 0.29) is 19.0 Å². The molecule has 124 valence electrons. The molecule has 0 N–H and O–H groups in total. The zero-order chi connectivity index (χ0) is 16.7. The summed E-state index contributed by atoms with van der Waals surface area (Å²) >= 11 is 0. The van der Waals surface area contributed by atoms with E-state index in [4.69, 9.17) is 18.9 Å². The van der Waals surface area contributed by atoms with Gasteiger partial charge in [0.15, 0.2) is 35.2 Å². The molecule has 2 aromatic carbocycles. The molecule has 0 amide bonds. The molecule has 2 unspecified atom stereocenters. The predicted molar refractivity (Wildman–Crippen MR) is 87.2 cm³/mol. The van der Waals surface area contributed by atoms with Gasteiger partial charge in [0.2, 0.25) is 5.78 Å². The molecular formula is C19H18O5. The molecule has 0 saturated heterocycles. The molecule has 4 rings (SSSR count). The van der Waals surface area contributed by atoms with Crippen molar-refractivity contribution in [2.75, 3.05) is 13.2 Å². The van der Waals surface area contributed by atoms with Crippen molar-refractivity contribution in [1.82, 2.24) is 0 Å². The van der Waals surface area contributed by atoms with Crippen LogP contribution in [0.1, 0.15) is 11.1 Å². The van der Waals surface area contributed by atoms with Gasteiger partial charge in [-0.15, -0.1) is 0 Å². The molecule has 2 aromatic rings. The minimum atomic E-state index is -0.694. The van der Waals surface area contributed by atoms with Crippen molar-refractivity contribution in [1.29, 1.82) is 0 Å². The van der Waals surface area contributed by atoms with E-state index < -0.39 is 12.2 Å². The van der Waals surface area contributed by atoms with Crippen LogP contribution >= 0.6 is 0 Å². The number of rotatable bonds is 2. The zero-order valence-electron chi connectivity index (χ0n) is 13.6. The van der Waals surface area contributed by atoms with Crippen molar-refractivity contribution in [3.8, 4) is 23.0 Å². The number of hydrogen-bond acceptors (Lipinski definition) is 5. The molecule has 0 saturated carbocycles. The minimum Gasteiger partial charge on any atom is -0.485 e. The van der Waals surface area contributed by atoms with E-state index in [1.165, 1.54) is 0 Å². The number of fused-ring (bicyclic) bond motifs is 2. The predicted octanol–water partition coefficient (Wildman–Crippen LogP) is 2.85. The summed E-state index contributed by atoms with van der Waals surface area (Å²) in [5.74, 6) is 2.32. The van der Waals surface area contributed by atoms with E-state index >= 15 is 0 Å². The van der Waals surface area contributed by atoms with E-state index in [0.717, 1.165) is 11.1 Å². The van der Waals surface area contributed by atoms with Crippen LogP contribution in [0.3, 0.4) is 0 Å². The number of benzene rings is 2. The monoisotopic (exact) mass is 326 g/mol. The Balaban J connectivity index is 1.49. The molecule has 2 aliphatic rings. The number of ketones is 1. The molecule has 5 nitrogen and oxygen atoms in total. The Morgan fingerprint density at radius 3 is 1.71 bits per heavy atom. The molecule has 5 heteroatoms. The number of carbonyl (C=O) groups is 1. The van der Waals surface area contributed by atoms with Gasteiger partial charge >= 0.3 is 0 Å². The smallest absolute Gasteiger partial charge is 0.220 e. The minimum absolute atomic E-state index is 0.174. The van der Waals surface area contributed by atoms with Crippen LogP contribution < -0.4 is 18.9 Å². The van der Waals surface area contributed by atoms with Crippen molar-refractivity contribution in [2.24, 2.45) is 0 Å². The van der Waals surface area contributed by atoms with Crippen LogP contribution in [-0.2, 0) is 4.79 Å². The van der Waals surface area contributed by atoms with Crippen LogP contribution in [0.15, 0.2) is 36.4 Å². The summed E-state index contributed by atoms with van der Waals surface area (Å²) in [5.41, 5.74) is 2.16. The van der Waals surface area contributed by atoms with Gasteiger partial charge in [0.05, 0.1) is 0 Å². The van der Waals surface area contributed by atoms with Gasteiger partial charge in [-0.1, -0.05) is 12.1 Å². The van der Waals surface area contributed by atoms with Crippen LogP contribution in [0.4, 0.5) is 0 Å². The second-order valence-corrected chi connectivity index (χ2v) is 6.14. The fourth-order valence-corrected chi connectivity index (χ4v) is 2.84. The summed E-state index contributed by atoms with van der Waals surface area (Å²) in [6, 6.07) is 11.3. The molecule has 24 heavy (non-hydrogen) atoms. The van der Waals surface area contributed by atoms with E-state index in [0.29, 0.717) is 23.0 Å². The molecule has 0 aromatic heterocycles. The Labute approximate surface area is 140 Å². The zero-order valence-corrected chi connectivity index (χ0v) is 13.6. The first kappa shape index (κ1) is 14.9. The van der Waals surface area contributed by atoms with Crippen molar-refractivity contribution in [2.45, 2.75) is 26.1 Å². The van der Waals surface area contributed by atoms with Gasteiger partial charge in [-0.05, 0) is 49.2 Å². The summed E-state index contributed by atoms with van der Waals surface area (Å²) in [5, 5.41) is 0. The van der Waals surface area contributed by atoms with Gasteiger partial charge in [0, 0.05) is 0 Å². The van der Waals surface area contributed by atoms with Crippen molar-refractivity contribution >= 4 is 5.78 Å². The first-order chi connectivity index (χ1) is 11.6. The average Bonchev–Trinajstić information content (AvgIpc) is 2.60. The second-order valence-electron chi connectivity index (χ2n) is 6.14. The largest absolute Gasteiger partial charge is 0.485 e. The lowest BCUT2D eigenvalue weighted by Crippen LogP contribution is -2.48. The topological polar surface area (TPSA) is 54.0 Å². The number of Topliss-reactive ketones (excluding diaryl/α,β-unsaturated/α-hetero) is 1. The summed E-state index contributed by atoms with van der Waals surface area (Å²) in [6.07, 6.45) is -1.39. The van der Waals surface area contributed by atoms with Crippen LogP contribution in [0.25, 0.3) is 0 Å². The Hall–Kier alpha value is -2.69. The molecule has 2 heterocycles. The summed E-state index contributed by atoms with van der Waals surface area (Å²) in [6.45, 7) is 4.31. The molecule has 0 radical (unpaired) electrons. The normalized spacial score (nSPS) is 21.2. The number of aryl methyl sites for hydroxylation is 2. The number of ether oxygens (including phenoxy) is 4. The van der Waals surface area contributed by atoms with Gasteiger partial charge in [-0.25, -0.2) is 0 Å². The van der Waals surface area contributed by atoms with Crippen molar-refractivity contribution in [3.05, 3.63) is 47.5 Å². The van der Waals surface area contributed by atoms with Crippen LogP contribution in [-0.4, -0.2) is 31.2 Å². The quantitative estimate of drug-likeness (QED) is 0.849. The lowest BCUT2D eigenvalue weighted by Gasteiger charge is -2.31. The molecule has 0 aliphatic carbocycles. The maximum Gasteiger partial charge on any atom is 0.220 e. The molecule has 0 spiro atoms. The second kappa shape index (κ2) is 5.74. The standard InChI is InChI=1S/C19H18O5/c1-11-3-5-13-15(7-11)21-9-17(23-13)19(20)18-10-22-16-8-12(2)4-6-14(16)24-18/h3-8,17-18H,9-10H2,1-2H3. The van der Waals surface area contributed by atoms with Crippen LogP contribution in [0.5, 0.6) is 23.0 Å². The third kappa shape index (κ3) is 2.66. The lowest BCUT2D eigenvalue weighted by atomic mass is 10.1. The fraction of sp³-hybridized carbons (Fsp3) is 0.316. The maximum atomic E-state index is 12.7. The van der Waals surface area contributed by atoms with Gasteiger partial charge < -0.3 is 18.9 Å². The highest BCUT2D eigenvalue weighted by Crippen LogP contribution is 2.35. The summed E-state index contributed by atoms with van der Waals surface area (Å²) in [4.78, 5) is 12.7. The van der Waals surface area contributed by atoms with Crippen LogP contribution in [0, 0.1) is 13.8 Å². The summed E-state index contributed by atoms with van der Waals surface area (Å²) < 4.78 is 22.9. The molecule has 2 atom stereocenters. The fourth-order valence-electron chi connectivity index (χ4n) is 2.84. The Bertz CT molecular complexity index is 733. The Morgan fingerprint density at radius 2 is 1.25 bits per heavy atom. The SMILES string of the molecule is Cc1ccc2c(c1)OCC(C(=O)C1COc3cc(C)ccc3O1)O2. The van der Waals surface area contributed by atoms with Gasteiger partial charge in [-0.3, -0.25) is 4.79 Å². The molecule has 2 aliphatic heterocycles. The highest BCUT2D eigenvalue weighted by Gasteiger charge is 2.36. The Kier molecular flexibility index (Phi) is 3.56. The lowest BCUT2D eigenvalue weighted by molar-refractivity contribution is -0.137. The third-order valence-corrected chi connectivity index (χ3v) is 4.15. The average molecular weight is 326 g/mol. The number of carbonyl (C=O) groups excluding carboxylic acids is 1. The van der Waals surface area contributed by atoms with E-state index in [1.54, 1.807) is 0 Å². The van der Waals surface area contributed by atoms with Gasteiger partial charge in [0.25, 0.3) is 0 Å². The first-order valence-electron chi connectivity index (χ1n) is 7.94. The summed E-state index contributed by atoms with van der Waals surface area (Å²) in [7, 11) is 0. The number of hydrogen-bond donors (Lipinski definition) is 0. The van der Waals surface area contributed by atoms with Crippen molar-refractivity contribution in [3.63, 3.8) is 0 Å². The van der Waals surface area contributed by atoms with Crippen LogP contribution in [0.2, 0.25) is 0 Å². The molecular weight excluding hydrogens is 308 g/mol. The maximum absolute atomic E-state index is 12.7. The van der Waals surface area contributed by atoms with E-state index in [2.05, 4.69) is 0 Å². The van der Waals surface area contributed by atoms with Crippen molar-refractivity contribution < 1.29 is 23.7 Å².